The van der Waals surface area contributed by atoms with Gasteiger partial charge in [-0.3, -0.25) is 4.79 Å². The second-order valence-corrected chi connectivity index (χ2v) is 8.47. The van der Waals surface area contributed by atoms with Crippen LogP contribution in [-0.2, 0) is 11.2 Å². The molecule has 0 bridgehead atoms. The summed E-state index contributed by atoms with van der Waals surface area (Å²) in [6.07, 6.45) is 7.29. The van der Waals surface area contributed by atoms with Crippen molar-refractivity contribution in [2.75, 3.05) is 24.5 Å². The van der Waals surface area contributed by atoms with Gasteiger partial charge in [0.15, 0.2) is 0 Å². The summed E-state index contributed by atoms with van der Waals surface area (Å²) >= 11 is 0. The quantitative estimate of drug-likeness (QED) is 0.606. The van der Waals surface area contributed by atoms with E-state index in [-0.39, 0.29) is 36.1 Å². The van der Waals surface area contributed by atoms with Crippen LogP contribution in [0.1, 0.15) is 44.1 Å². The predicted octanol–water partition coefficient (Wildman–Crippen LogP) is 5.48. The number of amides is 1. The SMILES string of the molecule is Cl.O=C(C1CCCC1)N(c1ccc(F)cc1)C1CCN(CCc2ccccc2)CC1. The van der Waals surface area contributed by atoms with Crippen LogP contribution in [0.5, 0.6) is 0 Å². The molecule has 1 heterocycles. The van der Waals surface area contributed by atoms with E-state index in [0.717, 1.165) is 70.3 Å². The summed E-state index contributed by atoms with van der Waals surface area (Å²) in [5.41, 5.74) is 2.23. The van der Waals surface area contributed by atoms with Gasteiger partial charge in [0.1, 0.15) is 5.82 Å². The van der Waals surface area contributed by atoms with Gasteiger partial charge in [-0.05, 0) is 61.9 Å². The first-order chi connectivity index (χ1) is 14.2. The standard InChI is InChI=1S/C25H31FN2O.ClH/c26-22-10-12-23(13-11-22)28(25(29)21-8-4-5-9-21)24-15-18-27(19-16-24)17-14-20-6-2-1-3-7-20;/h1-3,6-7,10-13,21,24H,4-5,8-9,14-19H2;1H. The lowest BCUT2D eigenvalue weighted by atomic mass is 9.98. The van der Waals surface area contributed by atoms with Gasteiger partial charge in [0.25, 0.3) is 0 Å². The van der Waals surface area contributed by atoms with E-state index in [9.17, 15) is 9.18 Å². The molecule has 30 heavy (non-hydrogen) atoms. The molecule has 0 unspecified atom stereocenters. The zero-order chi connectivity index (χ0) is 20.1. The Bertz CT molecular complexity index is 785. The van der Waals surface area contributed by atoms with Gasteiger partial charge in [0.05, 0.1) is 0 Å². The molecular formula is C25H32ClFN2O. The first kappa shape index (κ1) is 22.8. The van der Waals surface area contributed by atoms with Crippen LogP contribution in [-0.4, -0.2) is 36.5 Å². The molecule has 0 N–H and O–H groups in total. The highest BCUT2D eigenvalue weighted by atomic mass is 35.5. The molecule has 5 heteroatoms. The van der Waals surface area contributed by atoms with Gasteiger partial charge in [-0.25, -0.2) is 4.39 Å². The summed E-state index contributed by atoms with van der Waals surface area (Å²) in [6, 6.07) is 17.3. The van der Waals surface area contributed by atoms with Crippen LogP contribution in [0.3, 0.4) is 0 Å². The molecule has 0 spiro atoms. The minimum absolute atomic E-state index is 0. The number of hydrogen-bond acceptors (Lipinski definition) is 2. The molecule has 0 aromatic heterocycles. The van der Waals surface area contributed by atoms with E-state index in [4.69, 9.17) is 0 Å². The third-order valence-corrected chi connectivity index (χ3v) is 6.53. The molecule has 1 aliphatic heterocycles. The number of likely N-dealkylation sites (tertiary alicyclic amines) is 1. The molecular weight excluding hydrogens is 399 g/mol. The molecule has 1 amide bonds. The summed E-state index contributed by atoms with van der Waals surface area (Å²) in [7, 11) is 0. The smallest absolute Gasteiger partial charge is 0.230 e. The zero-order valence-corrected chi connectivity index (χ0v) is 18.3. The second kappa shape index (κ2) is 10.9. The monoisotopic (exact) mass is 430 g/mol. The highest BCUT2D eigenvalue weighted by Crippen LogP contribution is 2.32. The molecule has 2 fully saturated rings. The molecule has 0 atom stereocenters. The van der Waals surface area contributed by atoms with Crippen LogP contribution in [0.15, 0.2) is 54.6 Å². The van der Waals surface area contributed by atoms with E-state index >= 15 is 0 Å². The fourth-order valence-electron chi connectivity index (χ4n) is 4.82. The van der Waals surface area contributed by atoms with Crippen molar-refractivity contribution in [1.82, 2.24) is 4.90 Å². The summed E-state index contributed by atoms with van der Waals surface area (Å²) in [6.45, 7) is 3.07. The van der Waals surface area contributed by atoms with Gasteiger partial charge in [0.2, 0.25) is 5.91 Å². The summed E-state index contributed by atoms with van der Waals surface area (Å²) in [5.74, 6) is 0.130. The van der Waals surface area contributed by atoms with E-state index < -0.39 is 0 Å². The molecule has 1 aliphatic carbocycles. The molecule has 0 radical (unpaired) electrons. The van der Waals surface area contributed by atoms with Crippen molar-refractivity contribution < 1.29 is 9.18 Å². The Morgan fingerprint density at radius 3 is 2.20 bits per heavy atom. The zero-order valence-electron chi connectivity index (χ0n) is 17.5. The van der Waals surface area contributed by atoms with E-state index in [0.29, 0.717) is 0 Å². The van der Waals surface area contributed by atoms with Gasteiger partial charge >= 0.3 is 0 Å². The van der Waals surface area contributed by atoms with Crippen LogP contribution in [0.25, 0.3) is 0 Å². The Balaban J connectivity index is 0.00000256. The maximum absolute atomic E-state index is 13.5. The van der Waals surface area contributed by atoms with Gasteiger partial charge < -0.3 is 9.80 Å². The van der Waals surface area contributed by atoms with Crippen molar-refractivity contribution in [2.24, 2.45) is 5.92 Å². The number of piperidine rings is 1. The van der Waals surface area contributed by atoms with Gasteiger partial charge in [0, 0.05) is 37.3 Å². The summed E-state index contributed by atoms with van der Waals surface area (Å²) in [4.78, 5) is 17.9. The molecule has 2 aromatic carbocycles. The molecule has 162 valence electrons. The number of rotatable bonds is 6. The van der Waals surface area contributed by atoms with Crippen LogP contribution in [0.4, 0.5) is 10.1 Å². The normalized spacial score (nSPS) is 18.2. The number of carbonyl (C=O) groups excluding carboxylic acids is 1. The number of carbonyl (C=O) groups is 1. The predicted molar refractivity (Wildman–Crippen MR) is 123 cm³/mol. The summed E-state index contributed by atoms with van der Waals surface area (Å²) < 4.78 is 13.5. The lowest BCUT2D eigenvalue weighted by molar-refractivity contribution is -0.122. The van der Waals surface area contributed by atoms with Crippen molar-refractivity contribution in [1.29, 1.82) is 0 Å². The fraction of sp³-hybridized carbons (Fsp3) is 0.480. The van der Waals surface area contributed by atoms with Gasteiger partial charge in [-0.2, -0.15) is 0 Å². The molecule has 3 nitrogen and oxygen atoms in total. The number of halogens is 2. The van der Waals surface area contributed by atoms with Crippen LogP contribution in [0, 0.1) is 11.7 Å². The largest absolute Gasteiger partial charge is 0.309 e. The molecule has 2 aromatic rings. The number of hydrogen-bond donors (Lipinski definition) is 0. The van der Waals surface area contributed by atoms with E-state index in [1.165, 1.54) is 17.7 Å². The third-order valence-electron chi connectivity index (χ3n) is 6.53. The fourth-order valence-corrected chi connectivity index (χ4v) is 4.82. The van der Waals surface area contributed by atoms with Crippen molar-refractivity contribution in [2.45, 2.75) is 51.0 Å². The Morgan fingerprint density at radius 2 is 1.57 bits per heavy atom. The maximum Gasteiger partial charge on any atom is 0.230 e. The second-order valence-electron chi connectivity index (χ2n) is 8.47. The Kier molecular flexibility index (Phi) is 8.29. The third kappa shape index (κ3) is 5.61. The minimum atomic E-state index is -0.252. The Morgan fingerprint density at radius 1 is 0.933 bits per heavy atom. The molecule has 1 saturated heterocycles. The van der Waals surface area contributed by atoms with Crippen molar-refractivity contribution in [3.63, 3.8) is 0 Å². The minimum Gasteiger partial charge on any atom is -0.309 e. The molecule has 1 saturated carbocycles. The van der Waals surface area contributed by atoms with Crippen LogP contribution < -0.4 is 4.90 Å². The Hall–Kier alpha value is -1.91. The maximum atomic E-state index is 13.5. The summed E-state index contributed by atoms with van der Waals surface area (Å²) in [5, 5.41) is 0. The van der Waals surface area contributed by atoms with E-state index in [2.05, 4.69) is 35.2 Å². The lowest BCUT2D eigenvalue weighted by Crippen LogP contribution is -2.49. The lowest BCUT2D eigenvalue weighted by Gasteiger charge is -2.39. The first-order valence-corrected chi connectivity index (χ1v) is 11.1. The number of benzene rings is 2. The average molecular weight is 431 g/mol. The molecule has 2 aliphatic rings. The van der Waals surface area contributed by atoms with Crippen LogP contribution >= 0.6 is 12.4 Å². The van der Waals surface area contributed by atoms with Gasteiger partial charge in [-0.15, -0.1) is 12.4 Å². The van der Waals surface area contributed by atoms with Crippen molar-refractivity contribution in [3.05, 3.63) is 66.0 Å². The van der Waals surface area contributed by atoms with Gasteiger partial charge in [-0.1, -0.05) is 43.2 Å². The highest BCUT2D eigenvalue weighted by Gasteiger charge is 2.34. The van der Waals surface area contributed by atoms with E-state index in [1.807, 2.05) is 4.90 Å². The number of anilines is 1. The van der Waals surface area contributed by atoms with Crippen molar-refractivity contribution >= 4 is 24.0 Å². The van der Waals surface area contributed by atoms with Crippen LogP contribution in [0.2, 0.25) is 0 Å². The average Bonchev–Trinajstić information content (AvgIpc) is 3.30. The Labute approximate surface area is 185 Å². The number of nitrogens with zero attached hydrogens (tertiary/aromatic N) is 2. The van der Waals surface area contributed by atoms with E-state index in [1.54, 1.807) is 12.1 Å². The highest BCUT2D eigenvalue weighted by molar-refractivity contribution is 5.95. The topological polar surface area (TPSA) is 23.6 Å². The first-order valence-electron chi connectivity index (χ1n) is 11.1. The van der Waals surface area contributed by atoms with Crippen molar-refractivity contribution in [3.8, 4) is 0 Å². The molecule has 4 rings (SSSR count).